The van der Waals surface area contributed by atoms with Crippen LogP contribution in [0.3, 0.4) is 0 Å². The normalized spacial score (nSPS) is 16.4. The number of rotatable bonds is 0. The molecule has 0 fully saturated rings. The number of benzene rings is 1. The van der Waals surface area contributed by atoms with Crippen molar-refractivity contribution in [1.29, 1.82) is 0 Å². The summed E-state index contributed by atoms with van der Waals surface area (Å²) in [7, 11) is 0.486. The number of fused-ring (bicyclic) bond motifs is 1. The van der Waals surface area contributed by atoms with Crippen molar-refractivity contribution in [1.82, 2.24) is 0 Å². The van der Waals surface area contributed by atoms with E-state index in [-0.39, 0.29) is 0 Å². The fourth-order valence-corrected chi connectivity index (χ4v) is 1.65. The number of hydrogen-bond donors (Lipinski definition) is 0. The first kappa shape index (κ1) is 5.94. The first-order chi connectivity index (χ1) is 4.97. The van der Waals surface area contributed by atoms with Crippen LogP contribution >= 0.6 is 8.81 Å². The molecule has 1 heterocycles. The molecule has 1 aromatic carbocycles. The van der Waals surface area contributed by atoms with E-state index in [0.29, 0.717) is 8.81 Å². The zero-order valence-electron chi connectivity index (χ0n) is 5.37. The van der Waals surface area contributed by atoms with Crippen LogP contribution in [0.4, 0.5) is 0 Å². The second-order valence-corrected chi connectivity index (χ2v) is 3.09. The van der Waals surface area contributed by atoms with Gasteiger partial charge in [0.25, 0.3) is 0 Å². The third-order valence-electron chi connectivity index (χ3n) is 1.45. The Morgan fingerprint density at radius 3 is 3.00 bits per heavy atom. The van der Waals surface area contributed by atoms with Crippen LogP contribution < -0.4 is 5.30 Å². The monoisotopic (exact) mass is 150 g/mol. The van der Waals surface area contributed by atoms with Crippen molar-refractivity contribution < 1.29 is 4.52 Å². The van der Waals surface area contributed by atoms with E-state index in [0.717, 1.165) is 0 Å². The zero-order valence-corrected chi connectivity index (χ0v) is 6.37. The van der Waals surface area contributed by atoms with Crippen molar-refractivity contribution in [3.63, 3.8) is 0 Å². The SMILES string of the molecule is C1=Cc2ccccc2PO1. The summed E-state index contributed by atoms with van der Waals surface area (Å²) < 4.78 is 5.14. The quantitative estimate of drug-likeness (QED) is 0.513. The highest BCUT2D eigenvalue weighted by atomic mass is 31.1. The summed E-state index contributed by atoms with van der Waals surface area (Å²) in [6.45, 7) is 0. The van der Waals surface area contributed by atoms with E-state index in [9.17, 15) is 0 Å². The second kappa shape index (κ2) is 2.43. The van der Waals surface area contributed by atoms with Crippen LogP contribution in [0.1, 0.15) is 5.56 Å². The molecule has 1 aliphatic rings. The van der Waals surface area contributed by atoms with Crippen molar-refractivity contribution in [2.24, 2.45) is 0 Å². The lowest BCUT2D eigenvalue weighted by Crippen LogP contribution is -2.01. The summed E-state index contributed by atoms with van der Waals surface area (Å²) in [4.78, 5) is 0. The Kier molecular flexibility index (Phi) is 1.44. The van der Waals surface area contributed by atoms with Crippen molar-refractivity contribution in [2.45, 2.75) is 0 Å². The molecule has 0 aliphatic carbocycles. The predicted octanol–water partition coefficient (Wildman–Crippen LogP) is 1.91. The molecule has 0 bridgehead atoms. The van der Waals surface area contributed by atoms with Gasteiger partial charge in [0.2, 0.25) is 0 Å². The highest BCUT2D eigenvalue weighted by molar-refractivity contribution is 7.42. The summed E-state index contributed by atoms with van der Waals surface area (Å²) in [5, 5.41) is 1.30. The van der Waals surface area contributed by atoms with E-state index in [1.165, 1.54) is 10.9 Å². The van der Waals surface area contributed by atoms with Crippen LogP contribution in [-0.4, -0.2) is 0 Å². The topological polar surface area (TPSA) is 9.23 Å². The molecule has 1 aliphatic heterocycles. The Balaban J connectivity index is 2.54. The van der Waals surface area contributed by atoms with E-state index >= 15 is 0 Å². The fraction of sp³-hybridized carbons (Fsp3) is 0. The maximum Gasteiger partial charge on any atom is 0.104 e. The average Bonchev–Trinajstić information content (AvgIpc) is 2.05. The molecule has 2 heteroatoms. The van der Waals surface area contributed by atoms with Gasteiger partial charge in [0.15, 0.2) is 0 Å². The van der Waals surface area contributed by atoms with E-state index < -0.39 is 0 Å². The summed E-state index contributed by atoms with van der Waals surface area (Å²) in [6.07, 6.45) is 3.74. The van der Waals surface area contributed by atoms with Gasteiger partial charge in [-0.15, -0.1) is 0 Å². The maximum atomic E-state index is 5.14. The van der Waals surface area contributed by atoms with Crippen LogP contribution in [0.2, 0.25) is 0 Å². The van der Waals surface area contributed by atoms with Crippen LogP contribution in [0.5, 0.6) is 0 Å². The van der Waals surface area contributed by atoms with Gasteiger partial charge in [0, 0.05) is 5.30 Å². The van der Waals surface area contributed by atoms with Crippen LogP contribution in [0, 0.1) is 0 Å². The van der Waals surface area contributed by atoms with Crippen molar-refractivity contribution in [3.05, 3.63) is 36.1 Å². The van der Waals surface area contributed by atoms with E-state index in [1.54, 1.807) is 6.26 Å². The highest BCUT2D eigenvalue weighted by Gasteiger charge is 2.01. The van der Waals surface area contributed by atoms with Gasteiger partial charge in [0.1, 0.15) is 8.81 Å². The first-order valence-electron chi connectivity index (χ1n) is 3.14. The molecule has 1 atom stereocenters. The average molecular weight is 150 g/mol. The summed E-state index contributed by atoms with van der Waals surface area (Å²) in [5.74, 6) is 0. The lowest BCUT2D eigenvalue weighted by atomic mass is 10.2. The van der Waals surface area contributed by atoms with Gasteiger partial charge in [-0.2, -0.15) is 0 Å². The van der Waals surface area contributed by atoms with Gasteiger partial charge in [-0.1, -0.05) is 24.3 Å². The molecule has 2 rings (SSSR count). The molecule has 0 N–H and O–H groups in total. The molecule has 10 heavy (non-hydrogen) atoms. The maximum absolute atomic E-state index is 5.14. The Labute approximate surface area is 61.6 Å². The summed E-state index contributed by atoms with van der Waals surface area (Å²) in [6, 6.07) is 8.27. The predicted molar refractivity (Wildman–Crippen MR) is 44.5 cm³/mol. The molecule has 0 aromatic heterocycles. The zero-order chi connectivity index (χ0) is 6.81. The Bertz CT molecular complexity index is 268. The van der Waals surface area contributed by atoms with Crippen molar-refractivity contribution >= 4 is 20.2 Å². The van der Waals surface area contributed by atoms with Crippen LogP contribution in [-0.2, 0) is 4.52 Å². The van der Waals surface area contributed by atoms with E-state index in [4.69, 9.17) is 4.52 Å². The molecule has 50 valence electrons. The second-order valence-electron chi connectivity index (χ2n) is 2.11. The Morgan fingerprint density at radius 1 is 1.20 bits per heavy atom. The van der Waals surface area contributed by atoms with Crippen LogP contribution in [0.25, 0.3) is 6.08 Å². The molecule has 0 amide bonds. The highest BCUT2D eigenvalue weighted by Crippen LogP contribution is 2.20. The molecule has 0 radical (unpaired) electrons. The van der Waals surface area contributed by atoms with Gasteiger partial charge < -0.3 is 4.52 Å². The molecule has 0 saturated heterocycles. The van der Waals surface area contributed by atoms with E-state index in [1.807, 2.05) is 18.2 Å². The molecule has 0 spiro atoms. The molecule has 0 saturated carbocycles. The molecule has 1 nitrogen and oxygen atoms in total. The summed E-state index contributed by atoms with van der Waals surface area (Å²) >= 11 is 0. The molecular weight excluding hydrogens is 143 g/mol. The van der Waals surface area contributed by atoms with Gasteiger partial charge in [-0.3, -0.25) is 0 Å². The van der Waals surface area contributed by atoms with Crippen molar-refractivity contribution in [2.75, 3.05) is 0 Å². The minimum atomic E-state index is 0.486. The van der Waals surface area contributed by atoms with Gasteiger partial charge >= 0.3 is 0 Å². The molecule has 1 unspecified atom stereocenters. The molecular formula is C8H7OP. The summed E-state index contributed by atoms with van der Waals surface area (Å²) in [5.41, 5.74) is 1.28. The Morgan fingerprint density at radius 2 is 2.10 bits per heavy atom. The van der Waals surface area contributed by atoms with Gasteiger partial charge in [-0.05, 0) is 11.6 Å². The molecule has 1 aromatic rings. The number of hydrogen-bond acceptors (Lipinski definition) is 1. The third kappa shape index (κ3) is 0.932. The van der Waals surface area contributed by atoms with Gasteiger partial charge in [-0.25, -0.2) is 0 Å². The van der Waals surface area contributed by atoms with Crippen LogP contribution in [0.15, 0.2) is 30.5 Å². The largest absolute Gasteiger partial charge is 0.480 e. The smallest absolute Gasteiger partial charge is 0.104 e. The Hall–Kier alpha value is -0.810. The fourth-order valence-electron chi connectivity index (χ4n) is 0.940. The lowest BCUT2D eigenvalue weighted by Gasteiger charge is -2.08. The van der Waals surface area contributed by atoms with E-state index in [2.05, 4.69) is 12.1 Å². The third-order valence-corrected chi connectivity index (χ3v) is 2.37. The minimum Gasteiger partial charge on any atom is -0.480 e. The first-order valence-corrected chi connectivity index (χ1v) is 4.05. The standard InChI is InChI=1S/C8H7OP/c1-2-4-8-7(3-1)5-6-9-10-8/h1-6,10H. The van der Waals surface area contributed by atoms with Crippen molar-refractivity contribution in [3.8, 4) is 0 Å². The van der Waals surface area contributed by atoms with Gasteiger partial charge in [0.05, 0.1) is 6.26 Å². The minimum absolute atomic E-state index is 0.486. The lowest BCUT2D eigenvalue weighted by molar-refractivity contribution is 0.560.